The van der Waals surface area contributed by atoms with Gasteiger partial charge in [-0.2, -0.15) is 0 Å². The van der Waals surface area contributed by atoms with E-state index in [0.717, 1.165) is 38.5 Å². The third-order valence-electron chi connectivity index (χ3n) is 20.0. The van der Waals surface area contributed by atoms with Crippen molar-refractivity contribution in [3.05, 3.63) is 24.3 Å². The van der Waals surface area contributed by atoms with Crippen LogP contribution < -0.4 is 5.32 Å². The molecule has 0 saturated heterocycles. The van der Waals surface area contributed by atoms with E-state index in [1.54, 1.807) is 6.08 Å². The van der Waals surface area contributed by atoms with E-state index in [1.165, 1.54) is 417 Å². The molecule has 6 heteroatoms. The number of hydrogen-bond donors (Lipinski definition) is 3. The molecular weight excluding hydrogens is 1110 g/mol. The van der Waals surface area contributed by atoms with Gasteiger partial charge in [0.2, 0.25) is 5.91 Å². The van der Waals surface area contributed by atoms with Gasteiger partial charge in [-0.1, -0.05) is 436 Å². The smallest absolute Gasteiger partial charge is 0.305 e. The molecule has 0 saturated carbocycles. The minimum absolute atomic E-state index is 0.0209. The molecule has 0 heterocycles. The lowest BCUT2D eigenvalue weighted by Crippen LogP contribution is -2.45. The Balaban J connectivity index is 3.31. The standard InChI is InChI=1S/C85H165NO5/c1-3-5-7-9-11-13-15-17-19-21-22-42-46-49-53-57-61-65-69-73-77-83(88)82(81-87)86-84(89)78-74-70-66-62-58-54-50-47-43-40-38-36-34-32-30-28-26-24-23-25-27-29-31-33-35-37-39-41-44-48-52-56-60-64-68-72-76-80-91-85(90)79-75-71-67-63-59-55-51-45-20-18-16-14-12-10-8-6-4-2/h18,20,73,77,82-83,87-88H,3-17,19,21-72,74-76,78-81H2,1-2H3,(H,86,89)/b20-18-,77-73+. The topological polar surface area (TPSA) is 95.9 Å². The van der Waals surface area contributed by atoms with Crippen LogP contribution in [-0.4, -0.2) is 47.4 Å². The van der Waals surface area contributed by atoms with Gasteiger partial charge in [-0.25, -0.2) is 0 Å². The summed E-state index contributed by atoms with van der Waals surface area (Å²) in [7, 11) is 0. The Bertz CT molecular complexity index is 1430. The van der Waals surface area contributed by atoms with Gasteiger partial charge in [-0.15, -0.1) is 0 Å². The summed E-state index contributed by atoms with van der Waals surface area (Å²) in [6, 6.07) is -0.624. The minimum atomic E-state index is -0.841. The highest BCUT2D eigenvalue weighted by molar-refractivity contribution is 5.76. The fourth-order valence-electron chi connectivity index (χ4n) is 13.6. The van der Waals surface area contributed by atoms with Crippen LogP contribution in [0.2, 0.25) is 0 Å². The fourth-order valence-corrected chi connectivity index (χ4v) is 13.6. The number of nitrogens with one attached hydrogen (secondary N) is 1. The highest BCUT2D eigenvalue weighted by Gasteiger charge is 2.18. The van der Waals surface area contributed by atoms with E-state index in [-0.39, 0.29) is 18.5 Å². The van der Waals surface area contributed by atoms with Crippen molar-refractivity contribution in [3.8, 4) is 0 Å². The highest BCUT2D eigenvalue weighted by Crippen LogP contribution is 2.21. The fraction of sp³-hybridized carbons (Fsp3) is 0.929. The van der Waals surface area contributed by atoms with Crippen LogP contribution in [0, 0.1) is 0 Å². The third kappa shape index (κ3) is 77.2. The Morgan fingerprint density at radius 1 is 0.297 bits per heavy atom. The van der Waals surface area contributed by atoms with Crippen molar-refractivity contribution in [2.45, 2.75) is 495 Å². The molecule has 0 bridgehead atoms. The summed E-state index contributed by atoms with van der Waals surface area (Å²) < 4.78 is 5.51. The van der Waals surface area contributed by atoms with E-state index in [1.807, 2.05) is 6.08 Å². The molecule has 91 heavy (non-hydrogen) atoms. The van der Waals surface area contributed by atoms with Gasteiger partial charge < -0.3 is 20.3 Å². The Hall–Kier alpha value is -1.66. The second kappa shape index (κ2) is 80.8. The summed E-state index contributed by atoms with van der Waals surface area (Å²) in [5, 5.41) is 23.3. The number of aliphatic hydroxyl groups is 2. The normalized spacial score (nSPS) is 12.5. The molecule has 0 aliphatic carbocycles. The van der Waals surface area contributed by atoms with Crippen molar-refractivity contribution in [2.75, 3.05) is 13.2 Å². The van der Waals surface area contributed by atoms with Crippen molar-refractivity contribution < 1.29 is 24.5 Å². The molecule has 0 radical (unpaired) electrons. The maximum atomic E-state index is 12.5. The van der Waals surface area contributed by atoms with Crippen molar-refractivity contribution in [1.29, 1.82) is 0 Å². The Kier molecular flexibility index (Phi) is 79.3. The van der Waals surface area contributed by atoms with Crippen molar-refractivity contribution in [3.63, 3.8) is 0 Å². The molecule has 3 N–H and O–H groups in total. The Morgan fingerprint density at radius 2 is 0.516 bits per heavy atom. The van der Waals surface area contributed by atoms with Gasteiger partial charge in [0, 0.05) is 12.8 Å². The third-order valence-corrected chi connectivity index (χ3v) is 20.0. The molecule has 0 aliphatic rings. The molecule has 2 atom stereocenters. The van der Waals surface area contributed by atoms with E-state index in [0.29, 0.717) is 19.4 Å². The molecule has 0 fully saturated rings. The van der Waals surface area contributed by atoms with Crippen LogP contribution in [0.25, 0.3) is 0 Å². The van der Waals surface area contributed by atoms with Gasteiger partial charge in [0.05, 0.1) is 25.4 Å². The first kappa shape index (κ1) is 89.3. The SMILES string of the molecule is CCCCCCCC/C=C\CCCCCCCCCC(=O)OCCCCCCCCCCCCCCCCCCCCCCCCCCCCCCCCCCCCCCCC(=O)NC(CO)C(O)/C=C/CCCCCCCCCCCCCCCCCCCC. The molecule has 0 aliphatic heterocycles. The molecule has 1 amide bonds. The zero-order chi connectivity index (χ0) is 65.6. The maximum absolute atomic E-state index is 12.5. The van der Waals surface area contributed by atoms with Crippen LogP contribution in [0.1, 0.15) is 483 Å². The van der Waals surface area contributed by atoms with Crippen LogP contribution in [0.5, 0.6) is 0 Å². The predicted molar refractivity (Wildman–Crippen MR) is 403 cm³/mol. The van der Waals surface area contributed by atoms with E-state index < -0.39 is 12.1 Å². The molecule has 0 spiro atoms. The number of rotatable bonds is 80. The van der Waals surface area contributed by atoms with E-state index in [9.17, 15) is 19.8 Å². The molecule has 0 aromatic rings. The number of ether oxygens (including phenoxy) is 1. The van der Waals surface area contributed by atoms with Crippen LogP contribution in [-0.2, 0) is 14.3 Å². The van der Waals surface area contributed by atoms with E-state index in [4.69, 9.17) is 4.74 Å². The van der Waals surface area contributed by atoms with Gasteiger partial charge in [0.25, 0.3) is 0 Å². The molecule has 540 valence electrons. The van der Waals surface area contributed by atoms with Gasteiger partial charge in [0.1, 0.15) is 0 Å². The predicted octanol–water partition coefficient (Wildman–Crippen LogP) is 28.0. The average molecular weight is 1280 g/mol. The van der Waals surface area contributed by atoms with Gasteiger partial charge in [-0.3, -0.25) is 9.59 Å². The van der Waals surface area contributed by atoms with Gasteiger partial charge >= 0.3 is 5.97 Å². The van der Waals surface area contributed by atoms with Gasteiger partial charge in [0.15, 0.2) is 0 Å². The first-order valence-electron chi connectivity index (χ1n) is 42.1. The number of carbonyl (C=O) groups is 2. The van der Waals surface area contributed by atoms with Crippen LogP contribution >= 0.6 is 0 Å². The molecule has 0 aromatic carbocycles. The second-order valence-electron chi connectivity index (χ2n) is 29.2. The molecule has 0 aromatic heterocycles. The first-order chi connectivity index (χ1) is 45.0. The minimum Gasteiger partial charge on any atom is -0.466 e. The molecular formula is C85H165NO5. The zero-order valence-electron chi connectivity index (χ0n) is 62.1. The lowest BCUT2D eigenvalue weighted by Gasteiger charge is -2.20. The van der Waals surface area contributed by atoms with Crippen molar-refractivity contribution in [2.24, 2.45) is 0 Å². The second-order valence-corrected chi connectivity index (χ2v) is 29.2. The number of hydrogen-bond acceptors (Lipinski definition) is 5. The van der Waals surface area contributed by atoms with Crippen molar-refractivity contribution >= 4 is 11.9 Å². The molecule has 6 nitrogen and oxygen atoms in total. The van der Waals surface area contributed by atoms with Crippen LogP contribution in [0.3, 0.4) is 0 Å². The lowest BCUT2D eigenvalue weighted by atomic mass is 10.0. The number of amides is 1. The number of aliphatic hydroxyl groups excluding tert-OH is 2. The van der Waals surface area contributed by atoms with E-state index in [2.05, 4.69) is 31.3 Å². The summed E-state index contributed by atoms with van der Waals surface area (Å²) in [5.74, 6) is -0.0364. The Morgan fingerprint density at radius 3 is 0.780 bits per heavy atom. The number of carbonyl (C=O) groups excluding carboxylic acids is 2. The summed E-state index contributed by atoms with van der Waals surface area (Å²) in [4.78, 5) is 24.7. The van der Waals surface area contributed by atoms with Crippen molar-refractivity contribution in [1.82, 2.24) is 5.32 Å². The summed E-state index contributed by atoms with van der Waals surface area (Å²) in [6.07, 6.45) is 105. The van der Waals surface area contributed by atoms with E-state index >= 15 is 0 Å². The summed E-state index contributed by atoms with van der Waals surface area (Å²) in [6.45, 7) is 4.96. The number of unbranched alkanes of at least 4 members (excludes halogenated alkanes) is 67. The molecule has 0 rings (SSSR count). The quantitative estimate of drug-likeness (QED) is 0.0320. The molecule has 2 unspecified atom stereocenters. The Labute approximate surface area is 571 Å². The largest absolute Gasteiger partial charge is 0.466 e. The lowest BCUT2D eigenvalue weighted by molar-refractivity contribution is -0.143. The monoisotopic (exact) mass is 1280 g/mol. The number of allylic oxidation sites excluding steroid dienone is 3. The maximum Gasteiger partial charge on any atom is 0.305 e. The van der Waals surface area contributed by atoms with Crippen LogP contribution in [0.15, 0.2) is 24.3 Å². The first-order valence-corrected chi connectivity index (χ1v) is 42.1. The average Bonchev–Trinajstić information content (AvgIpc) is 3.65. The zero-order valence-corrected chi connectivity index (χ0v) is 62.1. The summed E-state index contributed by atoms with van der Waals surface area (Å²) >= 11 is 0. The highest BCUT2D eigenvalue weighted by atomic mass is 16.5. The summed E-state index contributed by atoms with van der Waals surface area (Å²) in [5.41, 5.74) is 0. The van der Waals surface area contributed by atoms with Crippen LogP contribution in [0.4, 0.5) is 0 Å². The number of esters is 1. The van der Waals surface area contributed by atoms with Gasteiger partial charge in [-0.05, 0) is 57.8 Å².